The fourth-order valence-corrected chi connectivity index (χ4v) is 4.90. The van der Waals surface area contributed by atoms with E-state index in [9.17, 15) is 26.4 Å². The summed E-state index contributed by atoms with van der Waals surface area (Å²) in [5.41, 5.74) is 0.188. The summed E-state index contributed by atoms with van der Waals surface area (Å²) in [6.07, 6.45) is 1.89. The molecule has 30 heavy (non-hydrogen) atoms. The molecule has 1 saturated heterocycles. The van der Waals surface area contributed by atoms with Gasteiger partial charge in [-0.2, -0.15) is 0 Å². The number of ether oxygens (including phenoxy) is 1. The van der Waals surface area contributed by atoms with E-state index < -0.39 is 32.5 Å². The highest BCUT2D eigenvalue weighted by molar-refractivity contribution is 7.92. The Morgan fingerprint density at radius 1 is 1.07 bits per heavy atom. The third-order valence-corrected chi connectivity index (χ3v) is 7.93. The van der Waals surface area contributed by atoms with Crippen molar-refractivity contribution < 1.29 is 31.2 Å². The third-order valence-electron chi connectivity index (χ3n) is 4.96. The molecule has 0 atom stereocenters. The number of nitrogens with zero attached hydrogens (tertiary/aromatic N) is 3. The summed E-state index contributed by atoms with van der Waals surface area (Å²) in [4.78, 5) is 25.8. The Balaban J connectivity index is 2.16. The van der Waals surface area contributed by atoms with E-state index in [0.29, 0.717) is 25.9 Å². The Kier molecular flexibility index (Phi) is 7.48. The molecule has 168 valence electrons. The molecule has 0 radical (unpaired) electrons. The van der Waals surface area contributed by atoms with Gasteiger partial charge in [-0.25, -0.2) is 21.1 Å². The second kappa shape index (κ2) is 9.31. The zero-order valence-corrected chi connectivity index (χ0v) is 19.1. The van der Waals surface area contributed by atoms with Crippen molar-refractivity contribution in [1.82, 2.24) is 9.21 Å². The maximum absolute atomic E-state index is 12.7. The second-order valence-corrected chi connectivity index (χ2v) is 11.3. The fourth-order valence-electron chi connectivity index (χ4n) is 3.15. The molecule has 0 spiro atoms. The number of sulfonamides is 2. The minimum absolute atomic E-state index is 0.0147. The maximum atomic E-state index is 12.7. The van der Waals surface area contributed by atoms with Gasteiger partial charge in [0.05, 0.1) is 29.9 Å². The maximum Gasteiger partial charge on any atom is 0.308 e. The van der Waals surface area contributed by atoms with Gasteiger partial charge in [0.1, 0.15) is 6.54 Å². The first-order chi connectivity index (χ1) is 13.9. The fraction of sp³-hybridized carbons (Fsp3) is 0.556. The first-order valence-corrected chi connectivity index (χ1v) is 12.5. The Hall–Kier alpha value is -2.18. The predicted octanol–water partition coefficient (Wildman–Crippen LogP) is 0.115. The van der Waals surface area contributed by atoms with Crippen LogP contribution in [0.2, 0.25) is 0 Å². The Morgan fingerprint density at radius 3 is 2.03 bits per heavy atom. The first-order valence-electron chi connectivity index (χ1n) is 9.24. The lowest BCUT2D eigenvalue weighted by Crippen LogP contribution is -2.46. The molecule has 1 fully saturated rings. The van der Waals surface area contributed by atoms with Crippen LogP contribution in [0.4, 0.5) is 5.69 Å². The lowest BCUT2D eigenvalue weighted by atomic mass is 9.97. The zero-order valence-electron chi connectivity index (χ0n) is 17.4. The molecular formula is C18H27N3O7S2. The molecule has 1 aromatic carbocycles. The normalized spacial score (nSPS) is 15.8. The Morgan fingerprint density at radius 2 is 1.60 bits per heavy atom. The molecule has 0 unspecified atom stereocenters. The molecule has 1 aliphatic heterocycles. The summed E-state index contributed by atoms with van der Waals surface area (Å²) in [5.74, 6) is -0.974. The molecule has 0 aliphatic carbocycles. The summed E-state index contributed by atoms with van der Waals surface area (Å²) in [7, 11) is -3.34. The molecule has 0 aromatic heterocycles. The van der Waals surface area contributed by atoms with Gasteiger partial charge in [-0.15, -0.1) is 0 Å². The third kappa shape index (κ3) is 5.49. The molecule has 2 rings (SSSR count). The van der Waals surface area contributed by atoms with Crippen molar-refractivity contribution in [3.8, 4) is 0 Å². The lowest BCUT2D eigenvalue weighted by molar-refractivity contribution is -0.148. The number of carbonyl (C=O) groups excluding carboxylic acids is 2. The zero-order chi connectivity index (χ0) is 22.7. The molecule has 1 aliphatic rings. The van der Waals surface area contributed by atoms with Crippen molar-refractivity contribution in [3.05, 3.63) is 24.3 Å². The van der Waals surface area contributed by atoms with Gasteiger partial charge in [-0.3, -0.25) is 13.9 Å². The van der Waals surface area contributed by atoms with Gasteiger partial charge >= 0.3 is 5.97 Å². The average Bonchev–Trinajstić information content (AvgIpc) is 2.70. The largest absolute Gasteiger partial charge is 0.469 e. The molecule has 0 saturated carbocycles. The number of likely N-dealkylation sites (tertiary alicyclic amines) is 1. The van der Waals surface area contributed by atoms with E-state index in [1.807, 2.05) is 0 Å². The minimum Gasteiger partial charge on any atom is -0.469 e. The van der Waals surface area contributed by atoms with Crippen molar-refractivity contribution in [2.45, 2.75) is 17.7 Å². The van der Waals surface area contributed by atoms with Crippen LogP contribution in [0.5, 0.6) is 0 Å². The molecule has 1 amide bonds. The highest BCUT2D eigenvalue weighted by atomic mass is 32.2. The molecule has 0 bridgehead atoms. The topological polar surface area (TPSA) is 121 Å². The van der Waals surface area contributed by atoms with Crippen LogP contribution < -0.4 is 4.31 Å². The molecule has 12 heteroatoms. The Bertz CT molecular complexity index is 981. The van der Waals surface area contributed by atoms with Gasteiger partial charge in [0.2, 0.25) is 26.0 Å². The molecular weight excluding hydrogens is 434 g/mol. The van der Waals surface area contributed by atoms with E-state index in [2.05, 4.69) is 0 Å². The number of benzene rings is 1. The highest BCUT2D eigenvalue weighted by Crippen LogP contribution is 2.23. The SMILES string of the molecule is COC(=O)C1CCN(C(=O)CN(c2ccc(S(=O)(=O)N(C)C)cc2)S(C)(=O)=O)CC1. The quantitative estimate of drug-likeness (QED) is 0.529. The summed E-state index contributed by atoms with van der Waals surface area (Å²) < 4.78 is 55.7. The number of amides is 1. The number of piperidine rings is 1. The van der Waals surface area contributed by atoms with Crippen molar-refractivity contribution in [2.24, 2.45) is 5.92 Å². The van der Waals surface area contributed by atoms with Crippen LogP contribution in [0.1, 0.15) is 12.8 Å². The summed E-state index contributed by atoms with van der Waals surface area (Å²) in [6, 6.07) is 5.31. The standard InChI is InChI=1S/C18H27N3O7S2/c1-19(2)30(26,27)16-7-5-15(6-8-16)21(29(4,24)25)13-17(22)20-11-9-14(10-12-20)18(23)28-3/h5-8,14H,9-13H2,1-4H3. The highest BCUT2D eigenvalue weighted by Gasteiger charge is 2.30. The summed E-state index contributed by atoms with van der Waals surface area (Å²) in [5, 5.41) is 0. The van der Waals surface area contributed by atoms with Gasteiger partial charge in [0.25, 0.3) is 0 Å². The first kappa shape index (κ1) is 24.1. The number of methoxy groups -OCH3 is 1. The van der Waals surface area contributed by atoms with E-state index in [1.165, 1.54) is 50.4 Å². The monoisotopic (exact) mass is 461 g/mol. The Labute approximate surface area is 177 Å². The van der Waals surface area contributed by atoms with Crippen LogP contribution in [0.25, 0.3) is 0 Å². The lowest BCUT2D eigenvalue weighted by Gasteiger charge is -2.32. The van der Waals surface area contributed by atoms with E-state index in [4.69, 9.17) is 4.74 Å². The number of hydrogen-bond donors (Lipinski definition) is 0. The molecule has 10 nitrogen and oxygen atoms in total. The number of carbonyl (C=O) groups is 2. The van der Waals surface area contributed by atoms with Gasteiger partial charge in [0.15, 0.2) is 0 Å². The van der Waals surface area contributed by atoms with E-state index in [0.717, 1.165) is 14.9 Å². The van der Waals surface area contributed by atoms with Crippen molar-refractivity contribution in [3.63, 3.8) is 0 Å². The van der Waals surface area contributed by atoms with E-state index in [1.54, 1.807) is 0 Å². The summed E-state index contributed by atoms with van der Waals surface area (Å²) >= 11 is 0. The van der Waals surface area contributed by atoms with Gasteiger partial charge in [-0.1, -0.05) is 0 Å². The van der Waals surface area contributed by atoms with Crippen LogP contribution in [0, 0.1) is 5.92 Å². The van der Waals surface area contributed by atoms with Gasteiger partial charge in [-0.05, 0) is 37.1 Å². The molecule has 1 aromatic rings. The van der Waals surface area contributed by atoms with Gasteiger partial charge in [0, 0.05) is 27.2 Å². The number of anilines is 1. The number of hydrogen-bond acceptors (Lipinski definition) is 7. The number of esters is 1. The second-order valence-electron chi connectivity index (χ2n) is 7.23. The predicted molar refractivity (Wildman–Crippen MR) is 111 cm³/mol. The van der Waals surface area contributed by atoms with Crippen LogP contribution in [0.3, 0.4) is 0 Å². The molecule has 1 heterocycles. The number of rotatable bonds is 7. The molecule has 0 N–H and O–H groups in total. The van der Waals surface area contributed by atoms with Crippen molar-refractivity contribution >= 4 is 37.6 Å². The summed E-state index contributed by atoms with van der Waals surface area (Å²) in [6.45, 7) is 0.244. The van der Waals surface area contributed by atoms with Crippen LogP contribution in [-0.4, -0.2) is 85.0 Å². The van der Waals surface area contributed by atoms with E-state index in [-0.39, 0.29) is 22.5 Å². The van der Waals surface area contributed by atoms with Crippen LogP contribution in [-0.2, 0) is 34.4 Å². The van der Waals surface area contributed by atoms with Crippen LogP contribution in [0.15, 0.2) is 29.2 Å². The van der Waals surface area contributed by atoms with Gasteiger partial charge < -0.3 is 9.64 Å². The minimum atomic E-state index is -3.79. The van der Waals surface area contributed by atoms with Crippen molar-refractivity contribution in [1.29, 1.82) is 0 Å². The smallest absolute Gasteiger partial charge is 0.308 e. The average molecular weight is 462 g/mol. The van der Waals surface area contributed by atoms with E-state index >= 15 is 0 Å². The van der Waals surface area contributed by atoms with Crippen molar-refractivity contribution in [2.75, 3.05) is 51.4 Å². The van der Waals surface area contributed by atoms with Crippen LogP contribution >= 0.6 is 0 Å².